The maximum absolute atomic E-state index is 6.88. The highest BCUT2D eigenvalue weighted by Gasteiger charge is 2.32. The van der Waals surface area contributed by atoms with Crippen molar-refractivity contribution in [2.24, 2.45) is 0 Å². The van der Waals surface area contributed by atoms with Crippen molar-refractivity contribution >= 4 is 0 Å². The van der Waals surface area contributed by atoms with Crippen LogP contribution in [0.25, 0.3) is 0 Å². The third-order valence-electron chi connectivity index (χ3n) is 0.589. The van der Waals surface area contributed by atoms with Crippen LogP contribution in [0.5, 0.6) is 0 Å². The number of ether oxygens (including phenoxy) is 1. The Morgan fingerprint density at radius 3 is 2.20 bits per heavy atom. The molecule has 30 valence electrons. The average Bonchev–Trinajstić information content (AvgIpc) is 1.73. The molecule has 0 N–H and O–H groups in total. The van der Waals surface area contributed by atoms with Gasteiger partial charge in [0, 0.05) is 0 Å². The minimum absolute atomic E-state index is 0.125. The summed E-state index contributed by atoms with van der Waals surface area (Å²) < 4.78 is 11.6. The molecule has 0 saturated carbocycles. The zero-order valence-electron chi connectivity index (χ0n) is 4.49. The van der Waals surface area contributed by atoms with Gasteiger partial charge < -0.3 is 4.74 Å². The highest BCUT2D eigenvalue weighted by atomic mass is 16.6. The Bertz CT molecular complexity index is 69.9. The van der Waals surface area contributed by atoms with Gasteiger partial charge in [0.25, 0.3) is 0 Å². The Labute approximate surface area is 33.3 Å². The second-order valence-corrected chi connectivity index (χ2v) is 1.84. The highest BCUT2D eigenvalue weighted by molar-refractivity contribution is 4.79. The Balaban J connectivity index is 2.41. The topological polar surface area (TPSA) is 12.5 Å². The molecule has 0 radical (unpaired) electrons. The van der Waals surface area contributed by atoms with Crippen molar-refractivity contribution < 1.29 is 6.11 Å². The summed E-state index contributed by atoms with van der Waals surface area (Å²) >= 11 is 0. The van der Waals surface area contributed by atoms with Crippen LogP contribution in [0.4, 0.5) is 0 Å². The highest BCUT2D eigenvalue weighted by Crippen LogP contribution is 2.23. The third-order valence-corrected chi connectivity index (χ3v) is 0.589. The van der Waals surface area contributed by atoms with Gasteiger partial charge in [-0.2, -0.15) is 0 Å². The molecule has 0 bridgehead atoms. The van der Waals surface area contributed by atoms with Gasteiger partial charge in [-0.15, -0.1) is 0 Å². The van der Waals surface area contributed by atoms with Crippen LogP contribution in [0.15, 0.2) is 0 Å². The van der Waals surface area contributed by atoms with E-state index in [1.807, 2.05) is 13.8 Å². The van der Waals surface area contributed by atoms with Gasteiger partial charge in [-0.1, -0.05) is 0 Å². The molecule has 0 aromatic heterocycles. The van der Waals surface area contributed by atoms with Crippen molar-refractivity contribution in [1.82, 2.24) is 0 Å². The van der Waals surface area contributed by atoms with Crippen LogP contribution in [0, 0.1) is 0 Å². The van der Waals surface area contributed by atoms with Gasteiger partial charge in [-0.25, -0.2) is 0 Å². The predicted octanol–water partition coefficient (Wildman–Crippen LogP) is 0.795. The minimum Gasteiger partial charge on any atom is -0.370 e. The van der Waals surface area contributed by atoms with E-state index in [2.05, 4.69) is 0 Å². The summed E-state index contributed by atoms with van der Waals surface area (Å²) in [6.45, 7) is 3.56. The molecule has 1 unspecified atom stereocenters. The number of epoxide rings is 1. The lowest BCUT2D eigenvalue weighted by Gasteiger charge is -1.81. The van der Waals surface area contributed by atoms with E-state index in [-0.39, 0.29) is 12.2 Å². The first-order chi connectivity index (χ1) is 2.63. The van der Waals surface area contributed by atoms with Crippen LogP contribution in [-0.4, -0.2) is 12.2 Å². The molecule has 5 heavy (non-hydrogen) atoms. The molecule has 1 heterocycles. The van der Waals surface area contributed by atoms with E-state index in [1.165, 1.54) is 0 Å². The van der Waals surface area contributed by atoms with Crippen molar-refractivity contribution in [3.63, 3.8) is 0 Å². The van der Waals surface area contributed by atoms with E-state index in [9.17, 15) is 0 Å². The molecule has 0 aromatic rings. The van der Waals surface area contributed by atoms with Crippen LogP contribution in [0.2, 0.25) is 0 Å². The molecule has 0 amide bonds. The Morgan fingerprint density at radius 1 is 2.00 bits per heavy atom. The minimum atomic E-state index is -0.252. The maximum Gasteiger partial charge on any atom is 0.0860 e. The molecule has 1 aliphatic heterocycles. The van der Waals surface area contributed by atoms with Gasteiger partial charge in [-0.05, 0) is 13.8 Å². The van der Waals surface area contributed by atoms with E-state index in [0.717, 1.165) is 0 Å². The largest absolute Gasteiger partial charge is 0.370 e. The summed E-state index contributed by atoms with van der Waals surface area (Å²) in [5, 5.41) is 0. The van der Waals surface area contributed by atoms with Gasteiger partial charge >= 0.3 is 0 Å². The van der Waals surface area contributed by atoms with Gasteiger partial charge in [0.2, 0.25) is 0 Å². The lowest BCUT2D eigenvalue weighted by Crippen LogP contribution is -1.90. The van der Waals surface area contributed by atoms with Gasteiger partial charge in [-0.3, -0.25) is 0 Å². The monoisotopic (exact) mass is 73.1 g/mol. The first kappa shape index (κ1) is 2.19. The van der Waals surface area contributed by atoms with Gasteiger partial charge in [0.1, 0.15) is 0 Å². The fourth-order valence-corrected chi connectivity index (χ4v) is 0.118. The molecular formula is C4H8O. The molecule has 1 atom stereocenters. The van der Waals surface area contributed by atoms with Crippen LogP contribution >= 0.6 is 0 Å². The average molecular weight is 73.1 g/mol. The molecule has 0 aromatic carbocycles. The lowest BCUT2D eigenvalue weighted by atomic mass is 10.3. The zero-order chi connectivity index (χ0) is 4.78. The zero-order valence-corrected chi connectivity index (χ0v) is 3.49. The smallest absolute Gasteiger partial charge is 0.0860 e. The quantitative estimate of drug-likeness (QED) is 0.386. The first-order valence-electron chi connectivity index (χ1n) is 2.31. The Kier molecular flexibility index (Phi) is 0.240. The summed E-state index contributed by atoms with van der Waals surface area (Å²) in [5.74, 6) is 0. The molecule has 1 fully saturated rings. The molecule has 0 spiro atoms. The summed E-state index contributed by atoms with van der Waals surface area (Å²) in [6, 6.07) is 0. The lowest BCUT2D eigenvalue weighted by molar-refractivity contribution is 0.344. The van der Waals surface area contributed by atoms with Crippen LogP contribution in [0.1, 0.15) is 15.2 Å². The van der Waals surface area contributed by atoms with E-state index in [1.54, 1.807) is 0 Å². The summed E-state index contributed by atoms with van der Waals surface area (Å²) in [4.78, 5) is 0. The Hall–Kier alpha value is -0.0400. The predicted molar refractivity (Wildman–Crippen MR) is 20.0 cm³/mol. The molecule has 1 saturated heterocycles. The fourth-order valence-electron chi connectivity index (χ4n) is 0.118. The summed E-state index contributed by atoms with van der Waals surface area (Å²) in [7, 11) is 0. The van der Waals surface area contributed by atoms with Crippen molar-refractivity contribution in [2.45, 2.75) is 19.4 Å². The molecule has 1 heteroatoms. The van der Waals surface area contributed by atoms with E-state index >= 15 is 0 Å². The van der Waals surface area contributed by atoms with Crippen LogP contribution in [-0.2, 0) is 4.74 Å². The van der Waals surface area contributed by atoms with E-state index in [0.29, 0.717) is 0 Å². The Morgan fingerprint density at radius 2 is 2.20 bits per heavy atom. The second-order valence-electron chi connectivity index (χ2n) is 1.84. The standard InChI is InChI=1S/C4H8O/c1-4(2)3-5-4/h3H2,1-2H3/i3D. The molecule has 1 nitrogen and oxygen atoms in total. The normalized spacial score (nSPS) is 47.6. The molecule has 1 aliphatic rings. The second kappa shape index (κ2) is 0.548. The van der Waals surface area contributed by atoms with Crippen molar-refractivity contribution in [3.05, 3.63) is 0 Å². The van der Waals surface area contributed by atoms with Crippen LogP contribution < -0.4 is 0 Å². The SMILES string of the molecule is [2H]C1OC1(C)C. The van der Waals surface area contributed by atoms with Crippen molar-refractivity contribution in [1.29, 1.82) is 0 Å². The van der Waals surface area contributed by atoms with Crippen molar-refractivity contribution in [3.8, 4) is 0 Å². The fraction of sp³-hybridized carbons (Fsp3) is 1.00. The molecular weight excluding hydrogens is 64.0 g/mol. The summed E-state index contributed by atoms with van der Waals surface area (Å²) in [5.41, 5.74) is -0.125. The third kappa shape index (κ3) is 0.618. The van der Waals surface area contributed by atoms with Gasteiger partial charge in [0.05, 0.1) is 13.6 Å². The molecule has 0 aliphatic carbocycles. The maximum atomic E-state index is 6.88. The van der Waals surface area contributed by atoms with E-state index in [4.69, 9.17) is 6.11 Å². The number of hydrogen-bond acceptors (Lipinski definition) is 1. The van der Waals surface area contributed by atoms with Crippen LogP contribution in [0.3, 0.4) is 0 Å². The molecule has 1 rings (SSSR count). The number of hydrogen-bond donors (Lipinski definition) is 0. The van der Waals surface area contributed by atoms with E-state index < -0.39 is 0 Å². The van der Waals surface area contributed by atoms with Gasteiger partial charge in [0.15, 0.2) is 0 Å². The number of rotatable bonds is 0. The summed E-state index contributed by atoms with van der Waals surface area (Å²) in [6.07, 6.45) is 0. The van der Waals surface area contributed by atoms with Crippen molar-refractivity contribution in [2.75, 3.05) is 6.58 Å². The first-order valence-corrected chi connectivity index (χ1v) is 1.73.